The number of fused-ring (bicyclic) bond motifs is 1. The Balaban J connectivity index is 2.54. The number of nitrogens with one attached hydrogen (secondary N) is 1. The number of halogens is 1. The largest absolute Gasteiger partial charge is 0.463 e. The van der Waals surface area contributed by atoms with E-state index in [4.69, 9.17) is 16.3 Å². The number of hydrogen-bond donors (Lipinski definition) is 1. The molecule has 1 heterocycles. The Morgan fingerprint density at radius 2 is 2.23 bits per heavy atom. The molecule has 1 aliphatic heterocycles. The normalized spacial score (nSPS) is 14.1. The maximum atomic E-state index is 11.4. The van der Waals surface area contributed by atoms with Crippen molar-refractivity contribution in [2.24, 2.45) is 0 Å². The number of ether oxygens (including phenoxy) is 1. The van der Waals surface area contributed by atoms with Gasteiger partial charge in [-0.2, -0.15) is 0 Å². The van der Waals surface area contributed by atoms with Gasteiger partial charge in [-0.1, -0.05) is 11.6 Å². The number of carbonyl (C=O) groups excluding carboxylic acids is 1. The van der Waals surface area contributed by atoms with Gasteiger partial charge in [-0.15, -0.1) is 0 Å². The van der Waals surface area contributed by atoms with E-state index in [9.17, 15) is 4.79 Å². The molecule has 0 saturated carbocycles. The molecule has 1 N–H and O–H groups in total. The minimum absolute atomic E-state index is 0.216. The summed E-state index contributed by atoms with van der Waals surface area (Å²) >= 11 is 5.74. The molecule has 0 spiro atoms. The van der Waals surface area contributed by atoms with Crippen LogP contribution >= 0.6 is 11.6 Å². The third-order valence-corrected chi connectivity index (χ3v) is 1.90. The monoisotopic (exact) mass is 195 g/mol. The number of benzene rings is 1. The van der Waals surface area contributed by atoms with Gasteiger partial charge in [0.1, 0.15) is 12.0 Å². The second-order valence-electron chi connectivity index (χ2n) is 2.53. The second kappa shape index (κ2) is 3.11. The van der Waals surface area contributed by atoms with Crippen molar-refractivity contribution in [2.75, 3.05) is 0 Å². The van der Waals surface area contributed by atoms with E-state index in [2.05, 4.69) is 5.32 Å². The van der Waals surface area contributed by atoms with E-state index in [-0.39, 0.29) is 5.91 Å². The fourth-order valence-electron chi connectivity index (χ4n) is 1.08. The maximum Gasteiger partial charge on any atom is 0.259 e. The van der Waals surface area contributed by atoms with Crippen molar-refractivity contribution < 1.29 is 9.53 Å². The first-order valence-corrected chi connectivity index (χ1v) is 4.07. The van der Waals surface area contributed by atoms with E-state index in [0.29, 0.717) is 16.3 Å². The number of rotatable bonds is 0. The minimum Gasteiger partial charge on any atom is -0.463 e. The van der Waals surface area contributed by atoms with Crippen LogP contribution in [0.3, 0.4) is 0 Å². The Morgan fingerprint density at radius 3 is 3.08 bits per heavy atom. The topological polar surface area (TPSA) is 38.3 Å². The smallest absolute Gasteiger partial charge is 0.259 e. The summed E-state index contributed by atoms with van der Waals surface area (Å²) in [6.07, 6.45) is 2.86. The fraction of sp³-hybridized carbons (Fsp3) is 0. The number of carbonyl (C=O) groups is 1. The van der Waals surface area contributed by atoms with Crippen molar-refractivity contribution >= 4 is 17.5 Å². The van der Waals surface area contributed by atoms with Gasteiger partial charge in [0.2, 0.25) is 0 Å². The van der Waals surface area contributed by atoms with Crippen LogP contribution in [0.4, 0.5) is 0 Å². The lowest BCUT2D eigenvalue weighted by molar-refractivity contribution is 0.0970. The van der Waals surface area contributed by atoms with Gasteiger partial charge in [-0.05, 0) is 18.2 Å². The van der Waals surface area contributed by atoms with Crippen LogP contribution in [0.5, 0.6) is 5.75 Å². The molecule has 0 atom stereocenters. The SMILES string of the molecule is O=C1NC=COc2ccc(Cl)cc21. The average molecular weight is 196 g/mol. The molecule has 1 aromatic carbocycles. The van der Waals surface area contributed by atoms with Crippen molar-refractivity contribution in [2.45, 2.75) is 0 Å². The summed E-state index contributed by atoms with van der Waals surface area (Å²) in [5.41, 5.74) is 0.442. The Labute approximate surface area is 80.0 Å². The quantitative estimate of drug-likeness (QED) is 0.687. The van der Waals surface area contributed by atoms with Crippen molar-refractivity contribution in [1.82, 2.24) is 5.32 Å². The van der Waals surface area contributed by atoms with Crippen LogP contribution in [0.15, 0.2) is 30.7 Å². The van der Waals surface area contributed by atoms with Crippen LogP contribution in [0.1, 0.15) is 10.4 Å². The standard InChI is InChI=1S/C9H6ClNO2/c10-6-1-2-8-7(5-6)9(12)11-3-4-13-8/h1-5H,(H,11,12). The average Bonchev–Trinajstić information content (AvgIpc) is 2.29. The van der Waals surface area contributed by atoms with Gasteiger partial charge in [0.05, 0.1) is 5.56 Å². The Kier molecular flexibility index (Phi) is 1.94. The van der Waals surface area contributed by atoms with Crippen LogP contribution in [0.25, 0.3) is 0 Å². The van der Waals surface area contributed by atoms with Crippen LogP contribution in [-0.2, 0) is 0 Å². The summed E-state index contributed by atoms with van der Waals surface area (Å²) in [7, 11) is 0. The highest BCUT2D eigenvalue weighted by atomic mass is 35.5. The molecule has 2 rings (SSSR count). The summed E-state index contributed by atoms with van der Waals surface area (Å²) in [6, 6.07) is 4.90. The first kappa shape index (κ1) is 8.13. The molecule has 0 saturated heterocycles. The fourth-order valence-corrected chi connectivity index (χ4v) is 1.25. The zero-order valence-corrected chi connectivity index (χ0v) is 7.34. The molecule has 0 aromatic heterocycles. The van der Waals surface area contributed by atoms with E-state index >= 15 is 0 Å². The van der Waals surface area contributed by atoms with Crippen molar-refractivity contribution in [3.05, 3.63) is 41.2 Å². The zero-order chi connectivity index (χ0) is 9.26. The number of hydrogen-bond acceptors (Lipinski definition) is 2. The molecule has 0 fully saturated rings. The summed E-state index contributed by atoms with van der Waals surface area (Å²) < 4.78 is 5.15. The van der Waals surface area contributed by atoms with Gasteiger partial charge in [-0.25, -0.2) is 0 Å². The molecule has 3 nitrogen and oxygen atoms in total. The molecule has 0 unspecified atom stereocenters. The van der Waals surface area contributed by atoms with Gasteiger partial charge in [0.15, 0.2) is 0 Å². The molecule has 1 amide bonds. The first-order valence-electron chi connectivity index (χ1n) is 3.69. The van der Waals surface area contributed by atoms with Crippen LogP contribution in [-0.4, -0.2) is 5.91 Å². The van der Waals surface area contributed by atoms with Gasteiger partial charge >= 0.3 is 0 Å². The van der Waals surface area contributed by atoms with E-state index in [0.717, 1.165) is 0 Å². The number of amides is 1. The highest BCUT2D eigenvalue weighted by Gasteiger charge is 2.13. The van der Waals surface area contributed by atoms with Gasteiger partial charge < -0.3 is 10.1 Å². The summed E-state index contributed by atoms with van der Waals surface area (Å²) in [5, 5.41) is 3.04. The van der Waals surface area contributed by atoms with Gasteiger partial charge in [-0.3, -0.25) is 4.79 Å². The third kappa shape index (κ3) is 1.51. The summed E-state index contributed by atoms with van der Waals surface area (Å²) in [4.78, 5) is 11.4. The van der Waals surface area contributed by atoms with Crippen LogP contribution < -0.4 is 10.1 Å². The highest BCUT2D eigenvalue weighted by Crippen LogP contribution is 2.23. The van der Waals surface area contributed by atoms with Crippen molar-refractivity contribution in [3.8, 4) is 5.75 Å². The van der Waals surface area contributed by atoms with Gasteiger partial charge in [0, 0.05) is 11.2 Å². The Hall–Kier alpha value is -1.48. The molecular formula is C9H6ClNO2. The van der Waals surface area contributed by atoms with E-state index in [1.807, 2.05) is 0 Å². The van der Waals surface area contributed by atoms with Crippen molar-refractivity contribution in [3.63, 3.8) is 0 Å². The first-order chi connectivity index (χ1) is 6.27. The van der Waals surface area contributed by atoms with E-state index in [1.54, 1.807) is 18.2 Å². The molecule has 1 aromatic rings. The second-order valence-corrected chi connectivity index (χ2v) is 2.97. The molecule has 13 heavy (non-hydrogen) atoms. The molecule has 0 bridgehead atoms. The maximum absolute atomic E-state index is 11.4. The molecule has 66 valence electrons. The van der Waals surface area contributed by atoms with Crippen LogP contribution in [0, 0.1) is 0 Å². The summed E-state index contributed by atoms with van der Waals surface area (Å²) in [6.45, 7) is 0. The van der Waals surface area contributed by atoms with E-state index in [1.165, 1.54) is 12.5 Å². The third-order valence-electron chi connectivity index (χ3n) is 1.66. The van der Waals surface area contributed by atoms with Gasteiger partial charge in [0.25, 0.3) is 5.91 Å². The molecule has 4 heteroatoms. The lowest BCUT2D eigenvalue weighted by Gasteiger charge is -2.03. The molecule has 1 aliphatic rings. The van der Waals surface area contributed by atoms with Crippen LogP contribution in [0.2, 0.25) is 5.02 Å². The minimum atomic E-state index is -0.216. The molecule has 0 radical (unpaired) electrons. The molecule has 0 aliphatic carbocycles. The predicted molar refractivity (Wildman–Crippen MR) is 48.7 cm³/mol. The highest BCUT2D eigenvalue weighted by molar-refractivity contribution is 6.31. The summed E-state index contributed by atoms with van der Waals surface area (Å²) in [5.74, 6) is 0.293. The Morgan fingerprint density at radius 1 is 1.38 bits per heavy atom. The van der Waals surface area contributed by atoms with Crippen molar-refractivity contribution in [1.29, 1.82) is 0 Å². The lowest BCUT2D eigenvalue weighted by Crippen LogP contribution is -2.15. The lowest BCUT2D eigenvalue weighted by atomic mass is 10.2. The van der Waals surface area contributed by atoms with E-state index < -0.39 is 0 Å². The molecular weight excluding hydrogens is 190 g/mol. The zero-order valence-electron chi connectivity index (χ0n) is 6.58. The Bertz CT molecular complexity index is 387. The predicted octanol–water partition coefficient (Wildman–Crippen LogP) is 1.93.